The van der Waals surface area contributed by atoms with Crippen LogP contribution in [0.3, 0.4) is 0 Å². The summed E-state index contributed by atoms with van der Waals surface area (Å²) < 4.78 is 18.3. The summed E-state index contributed by atoms with van der Waals surface area (Å²) >= 11 is 0. The summed E-state index contributed by atoms with van der Waals surface area (Å²) in [7, 11) is -0.987. The molecule has 1 N–H and O–H groups in total. The summed E-state index contributed by atoms with van der Waals surface area (Å²) in [5.41, 5.74) is 2.78. The minimum atomic E-state index is -2.62. The summed E-state index contributed by atoms with van der Waals surface area (Å²) in [5, 5.41) is 11.6. The van der Waals surface area contributed by atoms with Gasteiger partial charge in [-0.1, -0.05) is 79.8 Å². The van der Waals surface area contributed by atoms with E-state index in [0.29, 0.717) is 35.6 Å². The number of hydrogen-bond donors (Lipinski definition) is 1. The van der Waals surface area contributed by atoms with Crippen molar-refractivity contribution in [3.8, 4) is 5.75 Å². The van der Waals surface area contributed by atoms with E-state index in [1.165, 1.54) is 11.8 Å². The maximum atomic E-state index is 15.4. The summed E-state index contributed by atoms with van der Waals surface area (Å²) in [6.45, 7) is 8.09. The minimum Gasteiger partial charge on any atom is -0.497 e. The van der Waals surface area contributed by atoms with Crippen molar-refractivity contribution in [2.45, 2.75) is 82.3 Å². The van der Waals surface area contributed by atoms with Crippen molar-refractivity contribution >= 4 is 54.0 Å². The monoisotopic (exact) mass is 773 g/mol. The van der Waals surface area contributed by atoms with Crippen LogP contribution in [0.15, 0.2) is 97.1 Å². The molecule has 4 aromatic rings. The molecule has 4 heterocycles. The fourth-order valence-corrected chi connectivity index (χ4v) is 13.7. The number of aliphatic hydroxyl groups is 1. The highest BCUT2D eigenvalue weighted by molar-refractivity contribution is 6.91. The zero-order valence-corrected chi connectivity index (χ0v) is 33.3. The second kappa shape index (κ2) is 14.3. The molecule has 8 rings (SSSR count). The van der Waals surface area contributed by atoms with Crippen LogP contribution in [0.2, 0.25) is 18.6 Å². The fraction of sp³-hybridized carbons (Fsp3) is 0.364. The van der Waals surface area contributed by atoms with E-state index in [1.54, 1.807) is 23.0 Å². The zero-order valence-electron chi connectivity index (χ0n) is 32.3. The Morgan fingerprint density at radius 3 is 2.27 bits per heavy atom. The lowest BCUT2D eigenvalue weighted by Gasteiger charge is -2.39. The van der Waals surface area contributed by atoms with Crippen LogP contribution < -0.4 is 19.7 Å². The third kappa shape index (κ3) is 6.02. The molecule has 2 saturated heterocycles. The average molecular weight is 774 g/mol. The standard InChI is InChI=1S/C44H47N3O8Si/c1-27-42(56(4,5)35-18-16-34(53-3)17-19-35)38(23-39(50)45-25-30-12-10-9-11-29(30)21-33(45)26-48)55-44(27)36-22-32(47-40(51)24-41(47)54-28(2)49)15-20-37(36)46(43(44)52)31-13-7-6-8-14-31/h6-20,22,27,33,38,41-42,48H,21,23-26H2,1-5H3/t27-,33+,38+,41?,42-,44+/m1/s1. The van der Waals surface area contributed by atoms with Gasteiger partial charge in [0, 0.05) is 36.3 Å². The molecule has 12 heteroatoms. The number of methoxy groups -OCH3 is 1. The molecule has 4 aliphatic rings. The largest absolute Gasteiger partial charge is 0.497 e. The van der Waals surface area contributed by atoms with Crippen LogP contribution in [0.4, 0.5) is 17.1 Å². The van der Waals surface area contributed by atoms with Crippen molar-refractivity contribution in [3.63, 3.8) is 0 Å². The number of para-hydroxylation sites is 1. The SMILES string of the molecule is COc1ccc([Si](C)(C)[C@H]2[C@H](CC(=O)N3Cc4ccccc4C[C@H]3CO)O[C@@]3(C(=O)N(c4ccccc4)c4ccc(N5C(=O)CC5OC(C)=O)cc43)[C@@H]2C)cc1. The van der Waals surface area contributed by atoms with Crippen LogP contribution in [0.25, 0.3) is 0 Å². The molecular weight excluding hydrogens is 727 g/mol. The highest BCUT2D eigenvalue weighted by Crippen LogP contribution is 2.61. The van der Waals surface area contributed by atoms with E-state index < -0.39 is 37.9 Å². The zero-order chi connectivity index (χ0) is 39.5. The van der Waals surface area contributed by atoms with Gasteiger partial charge in [0.25, 0.3) is 5.91 Å². The van der Waals surface area contributed by atoms with Crippen LogP contribution in [-0.2, 0) is 47.2 Å². The van der Waals surface area contributed by atoms with E-state index in [9.17, 15) is 19.5 Å². The van der Waals surface area contributed by atoms with Gasteiger partial charge < -0.3 is 24.2 Å². The van der Waals surface area contributed by atoms with Crippen molar-refractivity contribution in [1.82, 2.24) is 4.90 Å². The molecule has 4 aliphatic heterocycles. The molecule has 0 bridgehead atoms. The van der Waals surface area contributed by atoms with Crippen molar-refractivity contribution in [2.24, 2.45) is 5.92 Å². The molecular formula is C44H47N3O8Si. The molecule has 2 fully saturated rings. The second-order valence-electron chi connectivity index (χ2n) is 15.9. The van der Waals surface area contributed by atoms with E-state index in [4.69, 9.17) is 14.2 Å². The molecule has 0 saturated carbocycles. The molecule has 56 heavy (non-hydrogen) atoms. The molecule has 4 aromatic carbocycles. The lowest BCUT2D eigenvalue weighted by molar-refractivity contribution is -0.154. The van der Waals surface area contributed by atoms with E-state index >= 15 is 4.79 Å². The molecule has 6 atom stereocenters. The van der Waals surface area contributed by atoms with Gasteiger partial charge in [-0.05, 0) is 65.6 Å². The van der Waals surface area contributed by atoms with Gasteiger partial charge in [0.05, 0.1) is 52.5 Å². The number of anilines is 3. The van der Waals surface area contributed by atoms with Gasteiger partial charge in [0.15, 0.2) is 11.8 Å². The minimum absolute atomic E-state index is 0.00872. The molecule has 1 unspecified atom stereocenters. The Labute approximate surface area is 327 Å². The first-order valence-electron chi connectivity index (χ1n) is 19.2. The number of rotatable bonds is 9. The van der Waals surface area contributed by atoms with Crippen LogP contribution in [0.1, 0.15) is 43.4 Å². The highest BCUT2D eigenvalue weighted by atomic mass is 28.3. The van der Waals surface area contributed by atoms with Crippen LogP contribution in [-0.4, -0.2) is 73.9 Å². The molecule has 3 amide bonds. The third-order valence-corrected chi connectivity index (χ3v) is 16.8. The van der Waals surface area contributed by atoms with Gasteiger partial charge >= 0.3 is 5.97 Å². The molecule has 290 valence electrons. The van der Waals surface area contributed by atoms with Crippen LogP contribution >= 0.6 is 0 Å². The number of amides is 3. The van der Waals surface area contributed by atoms with Crippen molar-refractivity contribution in [3.05, 3.63) is 114 Å². The molecule has 0 aliphatic carbocycles. The van der Waals surface area contributed by atoms with E-state index in [2.05, 4.69) is 32.2 Å². The predicted molar refractivity (Wildman–Crippen MR) is 213 cm³/mol. The van der Waals surface area contributed by atoms with Crippen LogP contribution in [0, 0.1) is 5.92 Å². The quantitative estimate of drug-likeness (QED) is 0.133. The molecule has 0 aromatic heterocycles. The molecule has 0 radical (unpaired) electrons. The average Bonchev–Trinajstić information content (AvgIpc) is 3.62. The number of nitrogens with zero attached hydrogens (tertiary/aromatic N) is 3. The number of ether oxygens (including phenoxy) is 3. The maximum Gasteiger partial charge on any atom is 0.304 e. The van der Waals surface area contributed by atoms with Gasteiger partial charge in [-0.25, -0.2) is 0 Å². The summed E-state index contributed by atoms with van der Waals surface area (Å²) in [6, 6.07) is 30.5. The van der Waals surface area contributed by atoms with E-state index in [-0.39, 0.29) is 48.8 Å². The number of fused-ring (bicyclic) bond motifs is 3. The normalized spacial score (nSPS) is 25.5. The summed E-state index contributed by atoms with van der Waals surface area (Å²) in [5.74, 6) is -0.805. The fourth-order valence-electron chi connectivity index (χ4n) is 9.73. The van der Waals surface area contributed by atoms with E-state index in [0.717, 1.165) is 22.1 Å². The molecule has 11 nitrogen and oxygen atoms in total. The Morgan fingerprint density at radius 1 is 0.911 bits per heavy atom. The third-order valence-electron chi connectivity index (χ3n) is 12.5. The van der Waals surface area contributed by atoms with Crippen molar-refractivity contribution in [1.29, 1.82) is 0 Å². The number of esters is 1. The highest BCUT2D eigenvalue weighted by Gasteiger charge is 2.67. The Bertz CT molecular complexity index is 2200. The summed E-state index contributed by atoms with van der Waals surface area (Å²) in [4.78, 5) is 60.0. The first kappa shape index (κ1) is 37.6. The Hall–Kier alpha value is -5.30. The lowest BCUT2D eigenvalue weighted by atomic mass is 9.82. The van der Waals surface area contributed by atoms with Gasteiger partial charge in [-0.2, -0.15) is 0 Å². The summed E-state index contributed by atoms with van der Waals surface area (Å²) in [6.07, 6.45) is -0.813. The van der Waals surface area contributed by atoms with Crippen molar-refractivity contribution < 1.29 is 38.5 Å². The number of benzene rings is 4. The van der Waals surface area contributed by atoms with Gasteiger partial charge in [0.2, 0.25) is 11.8 Å². The molecule has 1 spiro atoms. The number of β-lactam (4-membered cyclic amide) rings is 1. The van der Waals surface area contributed by atoms with Gasteiger partial charge in [-0.3, -0.25) is 29.0 Å². The Balaban J connectivity index is 1.25. The first-order valence-corrected chi connectivity index (χ1v) is 22.3. The van der Waals surface area contributed by atoms with Gasteiger partial charge in [0.1, 0.15) is 5.75 Å². The number of carbonyl (C=O) groups is 4. The second-order valence-corrected chi connectivity index (χ2v) is 20.6. The topological polar surface area (TPSA) is 126 Å². The lowest BCUT2D eigenvalue weighted by Crippen LogP contribution is -2.55. The number of hydrogen-bond acceptors (Lipinski definition) is 8. The first-order chi connectivity index (χ1) is 26.9. The number of aliphatic hydroxyl groups excluding tert-OH is 1. The predicted octanol–water partition coefficient (Wildman–Crippen LogP) is 5.55. The Morgan fingerprint density at radius 2 is 1.61 bits per heavy atom. The van der Waals surface area contributed by atoms with Gasteiger partial charge in [-0.15, -0.1) is 0 Å². The van der Waals surface area contributed by atoms with Crippen molar-refractivity contribution in [2.75, 3.05) is 23.5 Å². The number of carbonyl (C=O) groups excluding carboxylic acids is 4. The van der Waals surface area contributed by atoms with Crippen LogP contribution in [0.5, 0.6) is 5.75 Å². The van der Waals surface area contributed by atoms with E-state index in [1.807, 2.05) is 78.9 Å². The smallest absolute Gasteiger partial charge is 0.304 e. The maximum absolute atomic E-state index is 15.4. The Kier molecular flexibility index (Phi) is 9.62.